The minimum absolute atomic E-state index is 0.0608. The van der Waals surface area contributed by atoms with Crippen molar-refractivity contribution in [2.24, 2.45) is 0 Å². The van der Waals surface area contributed by atoms with Gasteiger partial charge in [-0.15, -0.1) is 0 Å². The van der Waals surface area contributed by atoms with Crippen molar-refractivity contribution in [3.05, 3.63) is 96.4 Å². The van der Waals surface area contributed by atoms with Crippen LogP contribution in [0, 0.1) is 17.5 Å². The van der Waals surface area contributed by atoms with Crippen molar-refractivity contribution in [1.29, 1.82) is 0 Å². The fourth-order valence-corrected chi connectivity index (χ4v) is 6.34. The second kappa shape index (κ2) is 11.9. The molecule has 0 spiro atoms. The summed E-state index contributed by atoms with van der Waals surface area (Å²) >= 11 is 0. The Morgan fingerprint density at radius 2 is 1.62 bits per heavy atom. The molecule has 0 aliphatic carbocycles. The standard InChI is InChI=1S/C35H33F3N6O/c1-42(2)25-12-14-43(15-13-25)31-11-10-24(20-27(31)36)40-35-39-21-29(38)33(41-35)23-18-28(37)34-32(19-23)44(16-17-45-34)30-9-5-7-22-6-3-4-8-26(22)30/h3-11,18-21,25H,12-17H2,1-2H3,(H,39,40,41). The van der Waals surface area contributed by atoms with Crippen molar-refractivity contribution in [2.75, 3.05) is 55.5 Å². The molecule has 0 atom stereocenters. The summed E-state index contributed by atoms with van der Waals surface area (Å²) in [6.07, 6.45) is 2.96. The molecule has 5 aromatic rings. The van der Waals surface area contributed by atoms with Crippen LogP contribution in [-0.2, 0) is 0 Å². The average Bonchev–Trinajstić information content (AvgIpc) is 3.05. The molecular formula is C35H33F3N6O. The Hall–Kier alpha value is -4.83. The molecule has 0 unspecified atom stereocenters. The predicted octanol–water partition coefficient (Wildman–Crippen LogP) is 7.52. The zero-order valence-corrected chi connectivity index (χ0v) is 25.1. The smallest absolute Gasteiger partial charge is 0.227 e. The van der Waals surface area contributed by atoms with E-state index in [1.165, 1.54) is 12.1 Å². The van der Waals surface area contributed by atoms with Gasteiger partial charge in [-0.3, -0.25) is 0 Å². The maximum absolute atomic E-state index is 15.5. The maximum Gasteiger partial charge on any atom is 0.227 e. The summed E-state index contributed by atoms with van der Waals surface area (Å²) in [5.74, 6) is -1.53. The van der Waals surface area contributed by atoms with E-state index in [1.807, 2.05) is 47.4 Å². The number of rotatable bonds is 6. The number of hydrogen-bond acceptors (Lipinski definition) is 7. The lowest BCUT2D eigenvalue weighted by Gasteiger charge is -2.36. The van der Waals surface area contributed by atoms with Crippen molar-refractivity contribution in [1.82, 2.24) is 14.9 Å². The van der Waals surface area contributed by atoms with E-state index in [0.29, 0.717) is 36.3 Å². The quantitative estimate of drug-likeness (QED) is 0.214. The van der Waals surface area contributed by atoms with Crippen LogP contribution in [0.5, 0.6) is 5.75 Å². The molecule has 4 aromatic carbocycles. The van der Waals surface area contributed by atoms with Gasteiger partial charge in [0.1, 0.15) is 18.1 Å². The van der Waals surface area contributed by atoms with Crippen LogP contribution < -0.4 is 19.9 Å². The molecule has 230 valence electrons. The number of halogens is 3. The molecule has 10 heteroatoms. The van der Waals surface area contributed by atoms with Crippen molar-refractivity contribution < 1.29 is 17.9 Å². The molecule has 3 heterocycles. The topological polar surface area (TPSA) is 56.8 Å². The van der Waals surface area contributed by atoms with Crippen LogP contribution in [0.3, 0.4) is 0 Å². The van der Waals surface area contributed by atoms with Gasteiger partial charge in [0.05, 0.1) is 24.1 Å². The fraction of sp³-hybridized carbons (Fsp3) is 0.257. The fourth-order valence-electron chi connectivity index (χ4n) is 6.34. The molecule has 1 aromatic heterocycles. The third-order valence-corrected chi connectivity index (χ3v) is 8.69. The molecule has 0 saturated carbocycles. The third-order valence-electron chi connectivity index (χ3n) is 8.69. The summed E-state index contributed by atoms with van der Waals surface area (Å²) < 4.78 is 51.7. The molecule has 2 aliphatic rings. The highest BCUT2D eigenvalue weighted by molar-refractivity contribution is 5.97. The number of benzene rings is 4. The second-order valence-electron chi connectivity index (χ2n) is 11.7. The Kier molecular flexibility index (Phi) is 7.66. The van der Waals surface area contributed by atoms with E-state index in [9.17, 15) is 0 Å². The normalized spacial score (nSPS) is 15.3. The SMILES string of the molecule is CN(C)C1CCN(c2ccc(Nc3ncc(F)c(-c4cc(F)c5c(c4)N(c4cccc6ccccc46)CCO5)n3)cc2F)CC1. The van der Waals surface area contributed by atoms with Crippen molar-refractivity contribution in [3.8, 4) is 17.0 Å². The Morgan fingerprint density at radius 1 is 0.822 bits per heavy atom. The number of nitrogens with zero attached hydrogens (tertiary/aromatic N) is 5. The van der Waals surface area contributed by atoms with Gasteiger partial charge in [-0.1, -0.05) is 36.4 Å². The van der Waals surface area contributed by atoms with Crippen molar-refractivity contribution >= 4 is 39.5 Å². The lowest BCUT2D eigenvalue weighted by Crippen LogP contribution is -2.42. The van der Waals surface area contributed by atoms with Crippen LogP contribution in [0.25, 0.3) is 22.0 Å². The molecule has 0 bridgehead atoms. The molecule has 1 saturated heterocycles. The van der Waals surface area contributed by atoms with Crippen molar-refractivity contribution in [2.45, 2.75) is 18.9 Å². The first-order valence-electron chi connectivity index (χ1n) is 15.1. The highest BCUT2D eigenvalue weighted by Crippen LogP contribution is 2.43. The number of ether oxygens (including phenoxy) is 1. The number of hydrogen-bond donors (Lipinski definition) is 1. The Labute approximate surface area is 259 Å². The van der Waals surface area contributed by atoms with E-state index in [2.05, 4.69) is 39.2 Å². The van der Waals surface area contributed by atoms with E-state index in [1.54, 1.807) is 18.2 Å². The number of anilines is 5. The lowest BCUT2D eigenvalue weighted by molar-refractivity contribution is 0.249. The van der Waals surface area contributed by atoms with Gasteiger partial charge in [0.2, 0.25) is 5.95 Å². The van der Waals surface area contributed by atoms with Crippen LogP contribution >= 0.6 is 0 Å². The largest absolute Gasteiger partial charge is 0.486 e. The molecule has 1 fully saturated rings. The molecule has 7 rings (SSSR count). The van der Waals surface area contributed by atoms with E-state index < -0.39 is 11.6 Å². The van der Waals surface area contributed by atoms with Crippen molar-refractivity contribution in [3.63, 3.8) is 0 Å². The minimum Gasteiger partial charge on any atom is -0.486 e. The number of aromatic nitrogens is 2. The highest BCUT2D eigenvalue weighted by Gasteiger charge is 2.27. The highest BCUT2D eigenvalue weighted by atomic mass is 19.1. The van der Waals surface area contributed by atoms with Gasteiger partial charge in [0.15, 0.2) is 17.4 Å². The Bertz CT molecular complexity index is 1870. The first kappa shape index (κ1) is 28.9. The molecule has 1 N–H and O–H groups in total. The van der Waals surface area contributed by atoms with Gasteiger partial charge in [0, 0.05) is 41.5 Å². The van der Waals surface area contributed by atoms with E-state index in [0.717, 1.165) is 48.6 Å². The van der Waals surface area contributed by atoms with Crippen LogP contribution in [0.15, 0.2) is 79.0 Å². The van der Waals surface area contributed by atoms with Gasteiger partial charge in [-0.25, -0.2) is 23.1 Å². The first-order valence-corrected chi connectivity index (χ1v) is 15.1. The summed E-state index contributed by atoms with van der Waals surface area (Å²) in [5, 5.41) is 5.04. The van der Waals surface area contributed by atoms with E-state index in [-0.39, 0.29) is 28.8 Å². The monoisotopic (exact) mass is 610 g/mol. The van der Waals surface area contributed by atoms with E-state index in [4.69, 9.17) is 4.74 Å². The summed E-state index contributed by atoms with van der Waals surface area (Å²) in [5.41, 5.74) is 2.48. The Morgan fingerprint density at radius 3 is 2.42 bits per heavy atom. The zero-order valence-electron chi connectivity index (χ0n) is 25.1. The van der Waals surface area contributed by atoms with Crippen LogP contribution in [0.1, 0.15) is 12.8 Å². The molecule has 0 radical (unpaired) electrons. The second-order valence-corrected chi connectivity index (χ2v) is 11.7. The molecule has 7 nitrogen and oxygen atoms in total. The van der Waals surface area contributed by atoms with Gasteiger partial charge in [-0.05, 0) is 68.7 Å². The maximum atomic E-state index is 15.5. The van der Waals surface area contributed by atoms with Crippen LogP contribution in [-0.4, -0.2) is 61.2 Å². The van der Waals surface area contributed by atoms with E-state index >= 15 is 13.2 Å². The minimum atomic E-state index is -0.712. The van der Waals surface area contributed by atoms with Crippen LogP contribution in [0.4, 0.5) is 41.9 Å². The summed E-state index contributed by atoms with van der Waals surface area (Å²) in [6.45, 7) is 2.33. The van der Waals surface area contributed by atoms with Crippen LogP contribution in [0.2, 0.25) is 0 Å². The summed E-state index contributed by atoms with van der Waals surface area (Å²) in [6, 6.07) is 22.2. The number of fused-ring (bicyclic) bond motifs is 2. The molecule has 2 aliphatic heterocycles. The summed E-state index contributed by atoms with van der Waals surface area (Å²) in [4.78, 5) is 14.7. The molecule has 0 amide bonds. The third kappa shape index (κ3) is 5.62. The number of nitrogens with one attached hydrogen (secondary N) is 1. The van der Waals surface area contributed by atoms with Gasteiger partial charge in [-0.2, -0.15) is 0 Å². The van der Waals surface area contributed by atoms with Gasteiger partial charge >= 0.3 is 0 Å². The molecular weight excluding hydrogens is 577 g/mol. The zero-order chi connectivity index (χ0) is 31.1. The molecule has 45 heavy (non-hydrogen) atoms. The predicted molar refractivity (Wildman–Crippen MR) is 172 cm³/mol. The first-order chi connectivity index (χ1) is 21.9. The Balaban J connectivity index is 1.17. The van der Waals surface area contributed by atoms with Gasteiger partial charge < -0.3 is 24.8 Å². The number of piperidine rings is 1. The lowest BCUT2D eigenvalue weighted by atomic mass is 10.0. The average molecular weight is 611 g/mol. The van der Waals surface area contributed by atoms with Gasteiger partial charge in [0.25, 0.3) is 0 Å². The summed E-state index contributed by atoms with van der Waals surface area (Å²) in [7, 11) is 4.14.